The molecular weight excluding hydrogens is 520 g/mol. The quantitative estimate of drug-likeness (QED) is 0.238. The molecule has 12 heteroatoms. The Hall–Kier alpha value is -5.54. The number of thiazole rings is 1. The van der Waals surface area contributed by atoms with Crippen LogP contribution in [0.25, 0.3) is 28.6 Å². The first-order valence-electron chi connectivity index (χ1n) is 11.5. The van der Waals surface area contributed by atoms with Crippen LogP contribution in [0.1, 0.15) is 11.3 Å². The number of H-pyrrole nitrogens is 1. The zero-order valence-corrected chi connectivity index (χ0v) is 20.8. The van der Waals surface area contributed by atoms with Gasteiger partial charge in [0.2, 0.25) is 0 Å². The number of nitro groups is 1. The van der Waals surface area contributed by atoms with E-state index in [1.807, 2.05) is 6.07 Å². The Morgan fingerprint density at radius 1 is 1.21 bits per heavy atom. The van der Waals surface area contributed by atoms with Crippen LogP contribution in [-0.4, -0.2) is 25.6 Å². The second-order valence-electron chi connectivity index (χ2n) is 8.15. The fourth-order valence-electron chi connectivity index (χ4n) is 3.88. The van der Waals surface area contributed by atoms with Crippen LogP contribution >= 0.6 is 11.3 Å². The summed E-state index contributed by atoms with van der Waals surface area (Å²) in [6, 6.07) is 20.0. The van der Waals surface area contributed by atoms with E-state index in [0.717, 1.165) is 11.3 Å². The number of carbonyl (C=O) groups is 1. The monoisotopic (exact) mass is 538 g/mol. The molecule has 0 aliphatic carbocycles. The number of non-ortho nitro benzene ring substituents is 1. The molecule has 3 heterocycles. The molecule has 0 atom stereocenters. The zero-order chi connectivity index (χ0) is 27.4. The number of nitrogens with zero attached hydrogens (tertiary/aromatic N) is 4. The molecule has 0 bridgehead atoms. The third kappa shape index (κ3) is 5.15. The molecule has 0 fully saturated rings. The lowest BCUT2D eigenvalue weighted by atomic mass is 10.1. The predicted molar refractivity (Wildman–Crippen MR) is 143 cm³/mol. The van der Waals surface area contributed by atoms with Gasteiger partial charge in [-0.3, -0.25) is 29.4 Å². The number of para-hydroxylation sites is 1. The van der Waals surface area contributed by atoms with E-state index in [1.165, 1.54) is 29.2 Å². The topological polar surface area (TPSA) is 160 Å². The number of nitriles is 1. The van der Waals surface area contributed by atoms with E-state index in [-0.39, 0.29) is 27.0 Å². The van der Waals surface area contributed by atoms with Gasteiger partial charge in [-0.25, -0.2) is 0 Å². The van der Waals surface area contributed by atoms with Gasteiger partial charge in [-0.05, 0) is 30.3 Å². The third-order valence-electron chi connectivity index (χ3n) is 5.69. The van der Waals surface area contributed by atoms with Crippen molar-refractivity contribution in [1.82, 2.24) is 20.1 Å². The Morgan fingerprint density at radius 3 is 2.74 bits per heavy atom. The maximum absolute atomic E-state index is 13.6. The summed E-state index contributed by atoms with van der Waals surface area (Å²) in [5.74, 6) is -0.151. The Bertz CT molecular complexity index is 1900. The number of amides is 1. The van der Waals surface area contributed by atoms with Crippen molar-refractivity contribution in [2.75, 3.05) is 0 Å². The molecule has 5 rings (SSSR count). The minimum Gasteiger partial charge on any atom is -0.467 e. The van der Waals surface area contributed by atoms with Crippen molar-refractivity contribution in [3.63, 3.8) is 0 Å². The first-order valence-corrected chi connectivity index (χ1v) is 12.3. The van der Waals surface area contributed by atoms with Gasteiger partial charge in [0.25, 0.3) is 17.2 Å². The van der Waals surface area contributed by atoms with Crippen molar-refractivity contribution >= 4 is 34.6 Å². The first-order chi connectivity index (χ1) is 19.0. The number of carbonyl (C=O) groups excluding carboxylic acids is 1. The molecule has 0 saturated carbocycles. The van der Waals surface area contributed by atoms with E-state index in [2.05, 4.69) is 15.5 Å². The summed E-state index contributed by atoms with van der Waals surface area (Å²) >= 11 is 0.977. The van der Waals surface area contributed by atoms with E-state index < -0.39 is 16.4 Å². The van der Waals surface area contributed by atoms with Crippen LogP contribution in [0.15, 0.2) is 88.4 Å². The smallest absolute Gasteiger partial charge is 0.273 e. The number of nitro benzene ring substituents is 1. The Morgan fingerprint density at radius 2 is 2.03 bits per heavy atom. The Kier molecular flexibility index (Phi) is 6.98. The molecule has 0 saturated heterocycles. The van der Waals surface area contributed by atoms with Gasteiger partial charge < -0.3 is 9.73 Å². The number of rotatable bonds is 7. The van der Waals surface area contributed by atoms with Crippen molar-refractivity contribution in [2.24, 2.45) is 0 Å². The SMILES string of the molecule is N#C/C(C(=O)NCc1ccco1)=c1/s/c(=C/c2cn[nH]c2-c2cccc([N+](=O)[O-])c2)c(=O)n1-c1ccccc1. The van der Waals surface area contributed by atoms with Crippen LogP contribution in [0.2, 0.25) is 0 Å². The number of aromatic amines is 1. The summed E-state index contributed by atoms with van der Waals surface area (Å²) in [7, 11) is 0. The summed E-state index contributed by atoms with van der Waals surface area (Å²) in [4.78, 5) is 37.4. The van der Waals surface area contributed by atoms with Gasteiger partial charge in [-0.15, -0.1) is 11.3 Å². The highest BCUT2D eigenvalue weighted by molar-refractivity contribution is 7.07. The molecule has 39 heavy (non-hydrogen) atoms. The lowest BCUT2D eigenvalue weighted by Crippen LogP contribution is -2.33. The standard InChI is InChI=1S/C27H18N6O5S/c28-14-22(25(34)29-16-21-10-5-11-38-21)27-32(19-7-2-1-3-8-19)26(35)23(39-27)13-18-15-30-31-24(18)17-6-4-9-20(12-17)33(36)37/h1-13,15H,16H2,(H,29,34)(H,30,31)/b23-13+,27-22-. The molecule has 0 aliphatic rings. The largest absolute Gasteiger partial charge is 0.467 e. The summed E-state index contributed by atoms with van der Waals surface area (Å²) in [5.41, 5.74) is 1.19. The number of aromatic nitrogens is 3. The van der Waals surface area contributed by atoms with Crippen molar-refractivity contribution in [1.29, 1.82) is 5.26 Å². The number of hydrogen-bond acceptors (Lipinski definition) is 8. The van der Waals surface area contributed by atoms with Gasteiger partial charge in [-0.2, -0.15) is 10.4 Å². The molecule has 11 nitrogen and oxygen atoms in total. The number of hydrogen-bond donors (Lipinski definition) is 2. The van der Waals surface area contributed by atoms with Crippen molar-refractivity contribution < 1.29 is 14.1 Å². The highest BCUT2D eigenvalue weighted by Crippen LogP contribution is 2.25. The van der Waals surface area contributed by atoms with Gasteiger partial charge in [-0.1, -0.05) is 30.3 Å². The highest BCUT2D eigenvalue weighted by Gasteiger charge is 2.18. The molecule has 0 radical (unpaired) electrons. The molecule has 0 unspecified atom stereocenters. The highest BCUT2D eigenvalue weighted by atomic mass is 32.1. The average Bonchev–Trinajstić information content (AvgIpc) is 3.70. The fourth-order valence-corrected chi connectivity index (χ4v) is 4.97. The van der Waals surface area contributed by atoms with Crippen LogP contribution in [0, 0.1) is 21.4 Å². The third-order valence-corrected chi connectivity index (χ3v) is 6.79. The van der Waals surface area contributed by atoms with Gasteiger partial charge in [0.15, 0.2) is 5.57 Å². The summed E-state index contributed by atoms with van der Waals surface area (Å²) < 4.78 is 6.93. The number of nitrogens with one attached hydrogen (secondary N) is 2. The zero-order valence-electron chi connectivity index (χ0n) is 20.0. The summed E-state index contributed by atoms with van der Waals surface area (Å²) in [6.07, 6.45) is 4.54. The van der Waals surface area contributed by atoms with Gasteiger partial charge in [0.05, 0.1) is 39.8 Å². The molecule has 0 aliphatic heterocycles. The average molecular weight is 539 g/mol. The number of furan rings is 1. The second-order valence-corrected chi connectivity index (χ2v) is 9.18. The van der Waals surface area contributed by atoms with Crippen LogP contribution in [0.5, 0.6) is 0 Å². The van der Waals surface area contributed by atoms with Crippen LogP contribution in [0.3, 0.4) is 0 Å². The maximum atomic E-state index is 13.6. The summed E-state index contributed by atoms with van der Waals surface area (Å²) in [5, 5.41) is 30.7. The Labute approximate surface area is 223 Å². The molecule has 3 aromatic heterocycles. The molecule has 2 N–H and O–H groups in total. The van der Waals surface area contributed by atoms with Gasteiger partial charge in [0.1, 0.15) is 16.5 Å². The lowest BCUT2D eigenvalue weighted by Gasteiger charge is -2.04. The van der Waals surface area contributed by atoms with E-state index in [1.54, 1.807) is 60.7 Å². The van der Waals surface area contributed by atoms with Crippen LogP contribution < -0.4 is 20.1 Å². The Balaban J connectivity index is 1.67. The normalized spacial score (nSPS) is 12.1. The van der Waals surface area contributed by atoms with Crippen LogP contribution in [0.4, 0.5) is 5.69 Å². The van der Waals surface area contributed by atoms with Crippen molar-refractivity contribution in [2.45, 2.75) is 6.54 Å². The molecule has 0 spiro atoms. The molecule has 192 valence electrons. The van der Waals surface area contributed by atoms with E-state index in [0.29, 0.717) is 28.3 Å². The minimum atomic E-state index is -0.660. The van der Waals surface area contributed by atoms with E-state index >= 15 is 0 Å². The van der Waals surface area contributed by atoms with E-state index in [9.17, 15) is 25.0 Å². The van der Waals surface area contributed by atoms with E-state index in [4.69, 9.17) is 4.42 Å². The molecule has 5 aromatic rings. The lowest BCUT2D eigenvalue weighted by molar-refractivity contribution is -0.384. The maximum Gasteiger partial charge on any atom is 0.273 e. The molecular formula is C27H18N6O5S. The summed E-state index contributed by atoms with van der Waals surface area (Å²) in [6.45, 7) is 0.0680. The van der Waals surface area contributed by atoms with Crippen molar-refractivity contribution in [3.05, 3.63) is 120 Å². The van der Waals surface area contributed by atoms with Crippen LogP contribution in [-0.2, 0) is 11.3 Å². The predicted octanol–water partition coefficient (Wildman–Crippen LogP) is 2.61. The van der Waals surface area contributed by atoms with Crippen molar-refractivity contribution in [3.8, 4) is 23.0 Å². The minimum absolute atomic E-state index is 0.0680. The van der Waals surface area contributed by atoms with Gasteiger partial charge in [0, 0.05) is 23.3 Å². The first kappa shape index (κ1) is 25.1. The second kappa shape index (κ2) is 10.8. The molecule has 1 amide bonds. The fraction of sp³-hybridized carbons (Fsp3) is 0.0370. The molecule has 2 aromatic carbocycles. The number of benzene rings is 2. The van der Waals surface area contributed by atoms with Gasteiger partial charge >= 0.3 is 0 Å².